The molecule has 0 aliphatic rings. The Balaban J connectivity index is 2.07. The summed E-state index contributed by atoms with van der Waals surface area (Å²) in [6, 6.07) is 8.12. The van der Waals surface area contributed by atoms with Crippen LogP contribution in [0.25, 0.3) is 11.0 Å². The fourth-order valence-corrected chi connectivity index (χ4v) is 2.96. The Morgan fingerprint density at radius 2 is 1.96 bits per heavy atom. The van der Waals surface area contributed by atoms with E-state index in [4.69, 9.17) is 0 Å². The largest absolute Gasteiger partial charge is 0.324 e. The van der Waals surface area contributed by atoms with Crippen molar-refractivity contribution in [2.75, 3.05) is 5.32 Å². The molecule has 5 nitrogen and oxygen atoms in total. The maximum atomic E-state index is 13.4. The summed E-state index contributed by atoms with van der Waals surface area (Å²) in [5.41, 5.74) is 1.78. The Labute approximate surface area is 145 Å². The number of hydrogen-bond donors (Lipinski definition) is 1. The Hall–Kier alpha value is -2.76. The zero-order valence-corrected chi connectivity index (χ0v) is 14.6. The number of halogens is 1. The summed E-state index contributed by atoms with van der Waals surface area (Å²) < 4.78 is 15.1. The first kappa shape index (κ1) is 17.1. The van der Waals surface area contributed by atoms with Crippen LogP contribution in [0.5, 0.6) is 0 Å². The molecule has 0 aliphatic carbocycles. The van der Waals surface area contributed by atoms with Gasteiger partial charge in [0.1, 0.15) is 11.5 Å². The van der Waals surface area contributed by atoms with Crippen molar-refractivity contribution < 1.29 is 4.39 Å². The van der Waals surface area contributed by atoms with Crippen molar-refractivity contribution in [2.45, 2.75) is 39.7 Å². The number of fused-ring (bicyclic) bond motifs is 1. The molecule has 2 aromatic heterocycles. The highest BCUT2D eigenvalue weighted by Crippen LogP contribution is 2.21. The van der Waals surface area contributed by atoms with Gasteiger partial charge in [0.05, 0.1) is 0 Å². The van der Waals surface area contributed by atoms with E-state index in [2.05, 4.69) is 29.1 Å². The molecule has 3 aromatic rings. The quantitative estimate of drug-likeness (QED) is 0.750. The number of anilines is 2. The van der Waals surface area contributed by atoms with Gasteiger partial charge in [0.15, 0.2) is 0 Å². The Bertz CT molecular complexity index is 963. The zero-order valence-electron chi connectivity index (χ0n) is 14.6. The highest BCUT2D eigenvalue weighted by molar-refractivity contribution is 5.75. The van der Waals surface area contributed by atoms with Gasteiger partial charge in [0.25, 0.3) is 5.56 Å². The molecule has 0 atom stereocenters. The number of aromatic nitrogens is 3. The third kappa shape index (κ3) is 3.38. The molecule has 1 N–H and O–H groups in total. The molecule has 0 unspecified atom stereocenters. The smallest absolute Gasteiger partial charge is 0.252 e. The summed E-state index contributed by atoms with van der Waals surface area (Å²) >= 11 is 0. The molecule has 6 heteroatoms. The molecule has 25 heavy (non-hydrogen) atoms. The lowest BCUT2D eigenvalue weighted by molar-refractivity contribution is 0.470. The summed E-state index contributed by atoms with van der Waals surface area (Å²) in [6.07, 6.45) is 3.39. The van der Waals surface area contributed by atoms with Gasteiger partial charge in [0, 0.05) is 29.4 Å². The minimum Gasteiger partial charge on any atom is -0.324 e. The van der Waals surface area contributed by atoms with Crippen molar-refractivity contribution in [1.82, 2.24) is 14.5 Å². The molecule has 0 aliphatic heterocycles. The van der Waals surface area contributed by atoms with E-state index in [1.807, 2.05) is 0 Å². The molecule has 130 valence electrons. The number of nitrogens with zero attached hydrogens (tertiary/aromatic N) is 3. The van der Waals surface area contributed by atoms with E-state index in [0.717, 1.165) is 18.2 Å². The van der Waals surface area contributed by atoms with Crippen molar-refractivity contribution in [2.24, 2.45) is 0 Å². The van der Waals surface area contributed by atoms with Crippen LogP contribution in [0.2, 0.25) is 0 Å². The zero-order chi connectivity index (χ0) is 18.0. The highest BCUT2D eigenvalue weighted by Gasteiger charge is 2.14. The van der Waals surface area contributed by atoms with Crippen LogP contribution in [-0.2, 0) is 0 Å². The summed E-state index contributed by atoms with van der Waals surface area (Å²) in [5.74, 6) is 0.122. The van der Waals surface area contributed by atoms with Gasteiger partial charge in [-0.15, -0.1) is 0 Å². The summed E-state index contributed by atoms with van der Waals surface area (Å²) in [5, 5.41) is 3.89. The van der Waals surface area contributed by atoms with Crippen LogP contribution in [0.3, 0.4) is 0 Å². The minimum atomic E-state index is -0.257. The lowest BCUT2D eigenvalue weighted by Crippen LogP contribution is -2.24. The van der Waals surface area contributed by atoms with Crippen molar-refractivity contribution in [3.8, 4) is 0 Å². The average molecular weight is 340 g/mol. The molecule has 0 spiro atoms. The van der Waals surface area contributed by atoms with Gasteiger partial charge < -0.3 is 5.32 Å². The van der Waals surface area contributed by atoms with E-state index >= 15 is 0 Å². The van der Waals surface area contributed by atoms with Gasteiger partial charge in [-0.3, -0.25) is 9.36 Å². The Morgan fingerprint density at radius 3 is 2.64 bits per heavy atom. The average Bonchev–Trinajstić information content (AvgIpc) is 2.61. The van der Waals surface area contributed by atoms with Crippen LogP contribution in [0, 0.1) is 12.7 Å². The van der Waals surface area contributed by atoms with E-state index in [-0.39, 0.29) is 17.4 Å². The fourth-order valence-electron chi connectivity index (χ4n) is 2.96. The van der Waals surface area contributed by atoms with Crippen LogP contribution in [0.1, 0.15) is 38.3 Å². The molecule has 0 saturated carbocycles. The van der Waals surface area contributed by atoms with Crippen molar-refractivity contribution >= 4 is 22.7 Å². The van der Waals surface area contributed by atoms with Crippen LogP contribution >= 0.6 is 0 Å². The standard InChI is InChI=1S/C19H21FN4O/c1-4-15(5-2)24-17(25)9-6-13-11-21-19(23-18(13)24)22-14-7-8-16(20)12(3)10-14/h6-11,15H,4-5H2,1-3H3,(H,21,22,23). The number of benzene rings is 1. The number of aryl methyl sites for hydroxylation is 1. The van der Waals surface area contributed by atoms with Crippen molar-refractivity contribution in [3.05, 3.63) is 58.3 Å². The number of hydrogen-bond acceptors (Lipinski definition) is 4. The third-order valence-electron chi connectivity index (χ3n) is 4.39. The summed E-state index contributed by atoms with van der Waals surface area (Å²) in [4.78, 5) is 21.2. The lowest BCUT2D eigenvalue weighted by Gasteiger charge is -2.18. The van der Waals surface area contributed by atoms with Crippen LogP contribution in [0.4, 0.5) is 16.0 Å². The van der Waals surface area contributed by atoms with Gasteiger partial charge in [-0.2, -0.15) is 4.98 Å². The first-order valence-corrected chi connectivity index (χ1v) is 8.45. The highest BCUT2D eigenvalue weighted by atomic mass is 19.1. The monoisotopic (exact) mass is 340 g/mol. The molecule has 3 rings (SSSR count). The van der Waals surface area contributed by atoms with E-state index in [1.165, 1.54) is 6.07 Å². The molecule has 0 bridgehead atoms. The van der Waals surface area contributed by atoms with Gasteiger partial charge in [-0.1, -0.05) is 13.8 Å². The van der Waals surface area contributed by atoms with Gasteiger partial charge in [-0.05, 0) is 49.6 Å². The minimum absolute atomic E-state index is 0.0662. The molecule has 1 aromatic carbocycles. The first-order chi connectivity index (χ1) is 12.0. The maximum Gasteiger partial charge on any atom is 0.252 e. The summed E-state index contributed by atoms with van der Waals surface area (Å²) in [6.45, 7) is 5.81. The second-order valence-electron chi connectivity index (χ2n) is 6.07. The van der Waals surface area contributed by atoms with Crippen LogP contribution < -0.4 is 10.9 Å². The van der Waals surface area contributed by atoms with Crippen LogP contribution in [-0.4, -0.2) is 14.5 Å². The molecular weight excluding hydrogens is 319 g/mol. The third-order valence-corrected chi connectivity index (χ3v) is 4.39. The van der Waals surface area contributed by atoms with E-state index < -0.39 is 0 Å². The molecule has 0 saturated heterocycles. The number of pyridine rings is 1. The second kappa shape index (κ2) is 7.01. The van der Waals surface area contributed by atoms with Crippen molar-refractivity contribution in [3.63, 3.8) is 0 Å². The Morgan fingerprint density at radius 1 is 1.20 bits per heavy atom. The first-order valence-electron chi connectivity index (χ1n) is 8.45. The van der Waals surface area contributed by atoms with E-state index in [0.29, 0.717) is 22.8 Å². The Kier molecular flexibility index (Phi) is 4.79. The normalized spacial score (nSPS) is 11.2. The van der Waals surface area contributed by atoms with Gasteiger partial charge >= 0.3 is 0 Å². The van der Waals surface area contributed by atoms with Crippen molar-refractivity contribution in [1.29, 1.82) is 0 Å². The predicted molar refractivity (Wildman–Crippen MR) is 97.8 cm³/mol. The van der Waals surface area contributed by atoms with E-state index in [1.54, 1.807) is 42.0 Å². The van der Waals surface area contributed by atoms with Gasteiger partial charge in [-0.25, -0.2) is 9.37 Å². The van der Waals surface area contributed by atoms with Crippen LogP contribution in [0.15, 0.2) is 41.3 Å². The fraction of sp³-hybridized carbons (Fsp3) is 0.316. The van der Waals surface area contributed by atoms with Gasteiger partial charge in [0.2, 0.25) is 5.95 Å². The number of rotatable bonds is 5. The van der Waals surface area contributed by atoms with E-state index in [9.17, 15) is 9.18 Å². The molecule has 0 amide bonds. The summed E-state index contributed by atoms with van der Waals surface area (Å²) in [7, 11) is 0. The molecule has 0 radical (unpaired) electrons. The maximum absolute atomic E-state index is 13.4. The second-order valence-corrected chi connectivity index (χ2v) is 6.07. The molecule has 0 fully saturated rings. The topological polar surface area (TPSA) is 59.8 Å². The predicted octanol–water partition coefficient (Wildman–Crippen LogP) is 4.34. The SMILES string of the molecule is CCC(CC)n1c(=O)ccc2cnc(Nc3ccc(F)c(C)c3)nc21. The molecular formula is C19H21FN4O. The lowest BCUT2D eigenvalue weighted by atomic mass is 10.1. The number of nitrogens with one attached hydrogen (secondary N) is 1. The molecule has 2 heterocycles.